The number of thioether (sulfide) groups is 1. The molecule has 0 aromatic heterocycles. The summed E-state index contributed by atoms with van der Waals surface area (Å²) in [6.07, 6.45) is 5.83. The molecular weight excluding hydrogens is 384 g/mol. The molecule has 3 rings (SSSR count). The van der Waals surface area contributed by atoms with E-state index in [1.807, 2.05) is 13.2 Å². The zero-order valence-corrected chi connectivity index (χ0v) is 17.2. The van der Waals surface area contributed by atoms with Crippen LogP contribution in [0.3, 0.4) is 0 Å². The maximum Gasteiger partial charge on any atom is 0.247 e. The van der Waals surface area contributed by atoms with Crippen molar-refractivity contribution < 1.29 is 14.4 Å². The summed E-state index contributed by atoms with van der Waals surface area (Å²) in [5.41, 5.74) is 1.38. The van der Waals surface area contributed by atoms with E-state index in [0.717, 1.165) is 31.2 Å². The second-order valence-electron chi connectivity index (χ2n) is 7.24. The maximum absolute atomic E-state index is 13.1. The van der Waals surface area contributed by atoms with Crippen molar-refractivity contribution in [3.8, 4) is 0 Å². The molecule has 1 aromatic carbocycles. The van der Waals surface area contributed by atoms with E-state index in [-0.39, 0.29) is 29.6 Å². The fourth-order valence-electron chi connectivity index (χ4n) is 4.06. The van der Waals surface area contributed by atoms with Gasteiger partial charge in [-0.2, -0.15) is 11.8 Å². The standard InChI is InChI=1S/C20H25ClN2O3S/c1-12-15(21)8-5-9-16(12)22-18(24)17(10-11-27-2)23-19(25)13-6-3-4-7-14(13)20(23)26/h5,8-9,13-14,17H,3-4,6-7,10-11H2,1-2H3,(H,22,24). The van der Waals surface area contributed by atoms with Crippen molar-refractivity contribution in [3.05, 3.63) is 28.8 Å². The van der Waals surface area contributed by atoms with Gasteiger partial charge in [0.2, 0.25) is 17.7 Å². The predicted octanol–water partition coefficient (Wildman–Crippen LogP) is 3.88. The van der Waals surface area contributed by atoms with Crippen molar-refractivity contribution in [2.24, 2.45) is 11.8 Å². The number of imide groups is 1. The van der Waals surface area contributed by atoms with E-state index in [1.54, 1.807) is 30.0 Å². The van der Waals surface area contributed by atoms with Gasteiger partial charge in [0.15, 0.2) is 0 Å². The molecule has 1 aromatic rings. The lowest BCUT2D eigenvalue weighted by atomic mass is 9.81. The zero-order valence-electron chi connectivity index (χ0n) is 15.7. The summed E-state index contributed by atoms with van der Waals surface area (Å²) in [5.74, 6) is -0.469. The van der Waals surface area contributed by atoms with E-state index in [1.165, 1.54) is 4.90 Å². The molecule has 3 amide bonds. The summed E-state index contributed by atoms with van der Waals surface area (Å²) in [6.45, 7) is 1.83. The number of likely N-dealkylation sites (tertiary alicyclic amines) is 1. The van der Waals surface area contributed by atoms with Crippen molar-refractivity contribution in [2.75, 3.05) is 17.3 Å². The number of nitrogens with zero attached hydrogens (tertiary/aromatic N) is 1. The fourth-order valence-corrected chi connectivity index (χ4v) is 4.69. The minimum absolute atomic E-state index is 0.172. The topological polar surface area (TPSA) is 66.5 Å². The smallest absolute Gasteiger partial charge is 0.247 e. The van der Waals surface area contributed by atoms with Gasteiger partial charge < -0.3 is 5.32 Å². The summed E-state index contributed by atoms with van der Waals surface area (Å²) in [6, 6.07) is 4.53. The third-order valence-electron chi connectivity index (χ3n) is 5.61. The first kappa shape index (κ1) is 20.2. The molecule has 1 heterocycles. The number of hydrogen-bond acceptors (Lipinski definition) is 4. The van der Waals surface area contributed by atoms with Gasteiger partial charge in [-0.05, 0) is 55.9 Å². The Balaban J connectivity index is 1.84. The van der Waals surface area contributed by atoms with Crippen LogP contribution in [0, 0.1) is 18.8 Å². The summed E-state index contributed by atoms with van der Waals surface area (Å²) in [4.78, 5) is 40.2. The molecule has 1 aliphatic heterocycles. The van der Waals surface area contributed by atoms with Crippen molar-refractivity contribution in [2.45, 2.75) is 45.1 Å². The average molecular weight is 409 g/mol. The largest absolute Gasteiger partial charge is 0.324 e. The van der Waals surface area contributed by atoms with Crippen LogP contribution >= 0.6 is 23.4 Å². The minimum atomic E-state index is -0.776. The van der Waals surface area contributed by atoms with Crippen molar-refractivity contribution in [1.29, 1.82) is 0 Å². The highest BCUT2D eigenvalue weighted by Crippen LogP contribution is 2.39. The van der Waals surface area contributed by atoms with Crippen LogP contribution in [0.5, 0.6) is 0 Å². The third kappa shape index (κ3) is 4.02. The van der Waals surface area contributed by atoms with Gasteiger partial charge in [0.05, 0.1) is 11.8 Å². The summed E-state index contributed by atoms with van der Waals surface area (Å²) >= 11 is 7.74. The highest BCUT2D eigenvalue weighted by atomic mass is 35.5. The van der Waals surface area contributed by atoms with Gasteiger partial charge in [0.25, 0.3) is 0 Å². The van der Waals surface area contributed by atoms with Crippen molar-refractivity contribution in [1.82, 2.24) is 4.90 Å². The quantitative estimate of drug-likeness (QED) is 0.725. The van der Waals surface area contributed by atoms with Crippen LogP contribution in [-0.4, -0.2) is 40.7 Å². The molecule has 3 unspecified atom stereocenters. The molecule has 0 radical (unpaired) electrons. The molecule has 1 aliphatic carbocycles. The highest BCUT2D eigenvalue weighted by molar-refractivity contribution is 7.98. The molecular formula is C20H25ClN2O3S. The zero-order chi connectivity index (χ0) is 19.6. The van der Waals surface area contributed by atoms with Crippen LogP contribution in [0.25, 0.3) is 0 Å². The lowest BCUT2D eigenvalue weighted by Gasteiger charge is -2.26. The molecule has 27 heavy (non-hydrogen) atoms. The number of benzene rings is 1. The molecule has 2 aliphatic rings. The number of rotatable bonds is 6. The molecule has 3 atom stereocenters. The average Bonchev–Trinajstić information content (AvgIpc) is 2.91. The first-order chi connectivity index (χ1) is 13.0. The number of carbonyl (C=O) groups is 3. The van der Waals surface area contributed by atoms with E-state index in [2.05, 4.69) is 5.32 Å². The van der Waals surface area contributed by atoms with Crippen LogP contribution < -0.4 is 5.32 Å². The second kappa shape index (κ2) is 8.65. The Hall–Kier alpha value is -1.53. The van der Waals surface area contributed by atoms with Gasteiger partial charge in [-0.1, -0.05) is 30.5 Å². The molecule has 1 saturated carbocycles. The van der Waals surface area contributed by atoms with E-state index in [9.17, 15) is 14.4 Å². The Morgan fingerprint density at radius 1 is 1.26 bits per heavy atom. The SMILES string of the molecule is CSCCC(C(=O)Nc1cccc(Cl)c1C)N1C(=O)C2CCCCC2C1=O. The molecule has 1 N–H and O–H groups in total. The Bertz CT molecular complexity index is 731. The van der Waals surface area contributed by atoms with E-state index >= 15 is 0 Å². The molecule has 1 saturated heterocycles. The highest BCUT2D eigenvalue weighted by Gasteiger charge is 2.51. The lowest BCUT2D eigenvalue weighted by molar-refractivity contribution is -0.146. The number of anilines is 1. The predicted molar refractivity (Wildman–Crippen MR) is 109 cm³/mol. The minimum Gasteiger partial charge on any atom is -0.324 e. The van der Waals surface area contributed by atoms with E-state index < -0.39 is 6.04 Å². The molecule has 5 nitrogen and oxygen atoms in total. The van der Waals surface area contributed by atoms with Gasteiger partial charge in [-0.25, -0.2) is 0 Å². The normalized spacial score (nSPS) is 23.3. The number of hydrogen-bond donors (Lipinski definition) is 1. The molecule has 2 fully saturated rings. The van der Waals surface area contributed by atoms with E-state index in [4.69, 9.17) is 11.6 Å². The second-order valence-corrected chi connectivity index (χ2v) is 8.64. The van der Waals surface area contributed by atoms with Crippen molar-refractivity contribution in [3.63, 3.8) is 0 Å². The Morgan fingerprint density at radius 2 is 1.89 bits per heavy atom. The summed E-state index contributed by atoms with van der Waals surface area (Å²) in [7, 11) is 0. The monoisotopic (exact) mass is 408 g/mol. The first-order valence-corrected chi connectivity index (χ1v) is 11.1. The molecule has 0 bridgehead atoms. The Morgan fingerprint density at radius 3 is 2.48 bits per heavy atom. The lowest BCUT2D eigenvalue weighted by Crippen LogP contribution is -2.48. The van der Waals surface area contributed by atoms with Gasteiger partial charge in [-0.15, -0.1) is 0 Å². The van der Waals surface area contributed by atoms with Crippen LogP contribution in [0.15, 0.2) is 18.2 Å². The van der Waals surface area contributed by atoms with Gasteiger partial charge in [0, 0.05) is 10.7 Å². The van der Waals surface area contributed by atoms with Crippen LogP contribution in [0.4, 0.5) is 5.69 Å². The molecule has 146 valence electrons. The first-order valence-electron chi connectivity index (χ1n) is 9.37. The van der Waals surface area contributed by atoms with Gasteiger partial charge in [0.1, 0.15) is 6.04 Å². The van der Waals surface area contributed by atoms with Gasteiger partial charge in [-0.3, -0.25) is 19.3 Å². The number of carbonyl (C=O) groups excluding carboxylic acids is 3. The Kier molecular flexibility index (Phi) is 6.48. The molecule has 7 heteroatoms. The molecule has 0 spiro atoms. The summed E-state index contributed by atoms with van der Waals surface area (Å²) in [5, 5.41) is 3.44. The fraction of sp³-hybridized carbons (Fsp3) is 0.550. The number of nitrogens with one attached hydrogen (secondary N) is 1. The van der Waals surface area contributed by atoms with Crippen molar-refractivity contribution >= 4 is 46.8 Å². The van der Waals surface area contributed by atoms with Crippen LogP contribution in [0.2, 0.25) is 5.02 Å². The van der Waals surface area contributed by atoms with Crippen LogP contribution in [-0.2, 0) is 14.4 Å². The Labute approximate surface area is 169 Å². The van der Waals surface area contributed by atoms with E-state index in [0.29, 0.717) is 22.9 Å². The van der Waals surface area contributed by atoms with Crippen LogP contribution in [0.1, 0.15) is 37.7 Å². The number of amides is 3. The number of fused-ring (bicyclic) bond motifs is 1. The maximum atomic E-state index is 13.1. The summed E-state index contributed by atoms with van der Waals surface area (Å²) < 4.78 is 0. The van der Waals surface area contributed by atoms with Gasteiger partial charge >= 0.3 is 0 Å². The number of halogens is 1. The third-order valence-corrected chi connectivity index (χ3v) is 6.66.